The molecule has 2 heterocycles. The number of fused-ring (bicyclic) bond motifs is 1. The molecular weight excluding hydrogens is 272 g/mol. The van der Waals surface area contributed by atoms with E-state index in [4.69, 9.17) is 4.74 Å². The number of nitrogens with zero attached hydrogens (tertiary/aromatic N) is 4. The minimum atomic E-state index is -0.413. The molecule has 21 heavy (non-hydrogen) atoms. The van der Waals surface area contributed by atoms with Crippen LogP contribution in [-0.2, 0) is 7.05 Å². The van der Waals surface area contributed by atoms with Gasteiger partial charge in [-0.1, -0.05) is 0 Å². The van der Waals surface area contributed by atoms with E-state index in [1.807, 2.05) is 0 Å². The van der Waals surface area contributed by atoms with Gasteiger partial charge >= 0.3 is 0 Å². The van der Waals surface area contributed by atoms with Crippen LogP contribution in [0.2, 0.25) is 0 Å². The number of aromatic nitrogens is 3. The van der Waals surface area contributed by atoms with Gasteiger partial charge in [-0.25, -0.2) is 4.98 Å². The van der Waals surface area contributed by atoms with Gasteiger partial charge in [-0.15, -0.1) is 0 Å². The molecule has 0 aliphatic rings. The standard InChI is InChI=1S/C14H12N4O3/c1-17-12-4-3-10(18(19)20)8-11(12)14(16-17)9-5-6-15-13(7-9)21-2/h3-8H,1-2H3. The summed E-state index contributed by atoms with van der Waals surface area (Å²) in [5.74, 6) is 0.469. The second-order valence-corrected chi connectivity index (χ2v) is 4.52. The van der Waals surface area contributed by atoms with Crippen LogP contribution in [0.5, 0.6) is 5.88 Å². The van der Waals surface area contributed by atoms with Crippen molar-refractivity contribution in [1.29, 1.82) is 0 Å². The van der Waals surface area contributed by atoms with Crippen molar-refractivity contribution in [3.8, 4) is 17.1 Å². The average Bonchev–Trinajstić information content (AvgIpc) is 2.84. The number of rotatable bonds is 3. The predicted octanol–water partition coefficient (Wildman–Crippen LogP) is 2.55. The molecule has 7 nitrogen and oxygen atoms in total. The fourth-order valence-electron chi connectivity index (χ4n) is 2.25. The Hall–Kier alpha value is -2.96. The van der Waals surface area contributed by atoms with Crippen molar-refractivity contribution in [1.82, 2.24) is 14.8 Å². The fourth-order valence-corrected chi connectivity index (χ4v) is 2.25. The first kappa shape index (κ1) is 13.0. The first-order valence-corrected chi connectivity index (χ1v) is 6.21. The summed E-state index contributed by atoms with van der Waals surface area (Å²) in [5.41, 5.74) is 2.33. The van der Waals surface area contributed by atoms with Gasteiger partial charge in [0, 0.05) is 42.4 Å². The number of non-ortho nitro benzene ring substituents is 1. The van der Waals surface area contributed by atoms with Gasteiger partial charge in [-0.3, -0.25) is 14.8 Å². The molecule has 7 heteroatoms. The minimum Gasteiger partial charge on any atom is -0.481 e. The lowest BCUT2D eigenvalue weighted by Crippen LogP contribution is -1.91. The van der Waals surface area contributed by atoms with Gasteiger partial charge in [0.25, 0.3) is 5.69 Å². The van der Waals surface area contributed by atoms with Crippen molar-refractivity contribution in [2.75, 3.05) is 7.11 Å². The molecule has 0 bridgehead atoms. The van der Waals surface area contributed by atoms with Crippen molar-refractivity contribution >= 4 is 16.6 Å². The summed E-state index contributed by atoms with van der Waals surface area (Å²) >= 11 is 0. The quantitative estimate of drug-likeness (QED) is 0.545. The van der Waals surface area contributed by atoms with E-state index in [1.165, 1.54) is 19.2 Å². The number of nitro groups is 1. The van der Waals surface area contributed by atoms with Crippen molar-refractivity contribution < 1.29 is 9.66 Å². The second kappa shape index (κ2) is 4.86. The van der Waals surface area contributed by atoms with Gasteiger partial charge in [-0.2, -0.15) is 5.10 Å². The lowest BCUT2D eigenvalue weighted by molar-refractivity contribution is -0.384. The molecule has 2 aromatic heterocycles. The van der Waals surface area contributed by atoms with E-state index in [0.29, 0.717) is 11.6 Å². The van der Waals surface area contributed by atoms with Crippen molar-refractivity contribution in [3.63, 3.8) is 0 Å². The molecule has 0 atom stereocenters. The lowest BCUT2D eigenvalue weighted by Gasteiger charge is -2.01. The Kier molecular flexibility index (Phi) is 3.02. The van der Waals surface area contributed by atoms with E-state index >= 15 is 0 Å². The summed E-state index contributed by atoms with van der Waals surface area (Å²) in [7, 11) is 3.34. The monoisotopic (exact) mass is 284 g/mol. The van der Waals surface area contributed by atoms with Crippen LogP contribution in [0.4, 0.5) is 5.69 Å². The Morgan fingerprint density at radius 3 is 2.81 bits per heavy atom. The number of benzene rings is 1. The van der Waals surface area contributed by atoms with Gasteiger partial charge in [0.2, 0.25) is 5.88 Å². The molecule has 0 saturated carbocycles. The first-order valence-electron chi connectivity index (χ1n) is 6.21. The average molecular weight is 284 g/mol. The zero-order valence-electron chi connectivity index (χ0n) is 11.5. The SMILES string of the molecule is COc1cc(-c2nn(C)c3ccc([N+](=O)[O-])cc23)ccn1. The summed E-state index contributed by atoms with van der Waals surface area (Å²) in [6, 6.07) is 8.25. The molecule has 0 N–H and O–H groups in total. The predicted molar refractivity (Wildman–Crippen MR) is 77.2 cm³/mol. The van der Waals surface area contributed by atoms with E-state index in [9.17, 15) is 10.1 Å². The second-order valence-electron chi connectivity index (χ2n) is 4.52. The van der Waals surface area contributed by atoms with Crippen LogP contribution in [0.15, 0.2) is 36.5 Å². The van der Waals surface area contributed by atoms with E-state index in [2.05, 4.69) is 10.1 Å². The zero-order chi connectivity index (χ0) is 15.0. The number of hydrogen-bond donors (Lipinski definition) is 0. The van der Waals surface area contributed by atoms with Gasteiger partial charge in [0.15, 0.2) is 0 Å². The molecule has 0 radical (unpaired) electrons. The summed E-state index contributed by atoms with van der Waals surface area (Å²) in [6.45, 7) is 0. The Morgan fingerprint density at radius 2 is 2.10 bits per heavy atom. The third-order valence-corrected chi connectivity index (χ3v) is 3.26. The zero-order valence-corrected chi connectivity index (χ0v) is 11.5. The Bertz CT molecular complexity index is 841. The molecule has 0 unspecified atom stereocenters. The third kappa shape index (κ3) is 2.18. The summed E-state index contributed by atoms with van der Waals surface area (Å²) in [6.07, 6.45) is 1.62. The Balaban J connectivity index is 2.26. The van der Waals surface area contributed by atoms with Gasteiger partial charge in [0.1, 0.15) is 5.69 Å². The van der Waals surface area contributed by atoms with Crippen LogP contribution in [0.25, 0.3) is 22.2 Å². The molecule has 1 aromatic carbocycles. The molecule has 0 aliphatic heterocycles. The van der Waals surface area contributed by atoms with Crippen molar-refractivity contribution in [2.45, 2.75) is 0 Å². The smallest absolute Gasteiger partial charge is 0.270 e. The van der Waals surface area contributed by atoms with Crippen molar-refractivity contribution in [2.24, 2.45) is 7.05 Å². The van der Waals surface area contributed by atoms with E-state index in [1.54, 1.807) is 36.1 Å². The number of nitro benzene ring substituents is 1. The minimum absolute atomic E-state index is 0.0396. The molecule has 0 saturated heterocycles. The van der Waals surface area contributed by atoms with E-state index < -0.39 is 4.92 Å². The Morgan fingerprint density at radius 1 is 1.29 bits per heavy atom. The van der Waals surface area contributed by atoms with Crippen LogP contribution in [0, 0.1) is 10.1 Å². The number of ether oxygens (including phenoxy) is 1. The molecule has 3 aromatic rings. The molecule has 0 aliphatic carbocycles. The van der Waals surface area contributed by atoms with Crippen LogP contribution in [0.3, 0.4) is 0 Å². The van der Waals surface area contributed by atoms with Gasteiger partial charge in [-0.05, 0) is 12.1 Å². The summed E-state index contributed by atoms with van der Waals surface area (Å²) in [5, 5.41) is 16.1. The fraction of sp³-hybridized carbons (Fsp3) is 0.143. The van der Waals surface area contributed by atoms with Crippen LogP contribution in [-0.4, -0.2) is 26.8 Å². The Labute approximate surface area is 119 Å². The van der Waals surface area contributed by atoms with Gasteiger partial charge in [0.05, 0.1) is 17.5 Å². The third-order valence-electron chi connectivity index (χ3n) is 3.26. The lowest BCUT2D eigenvalue weighted by atomic mass is 10.1. The summed E-state index contributed by atoms with van der Waals surface area (Å²) < 4.78 is 6.80. The van der Waals surface area contributed by atoms with Crippen LogP contribution < -0.4 is 4.74 Å². The molecule has 3 rings (SSSR count). The molecule has 0 spiro atoms. The maximum Gasteiger partial charge on any atom is 0.270 e. The highest BCUT2D eigenvalue weighted by atomic mass is 16.6. The largest absolute Gasteiger partial charge is 0.481 e. The first-order chi connectivity index (χ1) is 10.1. The molecule has 106 valence electrons. The highest BCUT2D eigenvalue weighted by Gasteiger charge is 2.15. The molecule has 0 amide bonds. The number of aryl methyl sites for hydroxylation is 1. The molecule has 0 fully saturated rings. The number of pyridine rings is 1. The maximum absolute atomic E-state index is 10.9. The topological polar surface area (TPSA) is 83.1 Å². The number of methoxy groups -OCH3 is 1. The van der Waals surface area contributed by atoms with E-state index in [-0.39, 0.29) is 5.69 Å². The highest BCUT2D eigenvalue weighted by Crippen LogP contribution is 2.31. The number of hydrogen-bond acceptors (Lipinski definition) is 5. The van der Waals surface area contributed by atoms with Crippen LogP contribution >= 0.6 is 0 Å². The van der Waals surface area contributed by atoms with E-state index in [0.717, 1.165) is 16.5 Å². The van der Waals surface area contributed by atoms with Crippen LogP contribution in [0.1, 0.15) is 0 Å². The van der Waals surface area contributed by atoms with Gasteiger partial charge < -0.3 is 4.74 Å². The summed E-state index contributed by atoms with van der Waals surface area (Å²) in [4.78, 5) is 14.6. The highest BCUT2D eigenvalue weighted by molar-refractivity contribution is 5.94. The molecular formula is C14H12N4O3. The normalized spacial score (nSPS) is 10.8. The maximum atomic E-state index is 10.9. The van der Waals surface area contributed by atoms with Crippen molar-refractivity contribution in [3.05, 3.63) is 46.6 Å².